The molecule has 2 heterocycles. The number of nitrogens with zero attached hydrogens (tertiary/aromatic N) is 3. The maximum Gasteiger partial charge on any atom is 0.243 e. The summed E-state index contributed by atoms with van der Waals surface area (Å²) in [6.45, 7) is 8.51. The normalized spacial score (nSPS) is 23.8. The molecule has 126 valence electrons. The van der Waals surface area contributed by atoms with Crippen LogP contribution in [0.4, 0.5) is 0 Å². The smallest absolute Gasteiger partial charge is 0.243 e. The molecule has 1 aliphatic heterocycles. The van der Waals surface area contributed by atoms with Crippen molar-refractivity contribution in [3.05, 3.63) is 12.4 Å². The Hall–Kier alpha value is -0.920. The second-order valence-electron chi connectivity index (χ2n) is 6.66. The third kappa shape index (κ3) is 5.07. The van der Waals surface area contributed by atoms with E-state index in [1.165, 1.54) is 36.6 Å². The Labute approximate surface area is 133 Å². The molecule has 7 heteroatoms. The third-order valence-corrected chi connectivity index (χ3v) is 5.54. The number of unbranched alkanes of at least 4 members (excludes halogenated alkanes) is 1. The number of hydrogen-bond acceptors (Lipinski definition) is 4. The summed E-state index contributed by atoms with van der Waals surface area (Å²) in [5, 5.41) is 3.89. The molecule has 0 amide bonds. The SMILES string of the molecule is CC1CC(C)CN(CCCCNS(=O)(=O)c2cnn(C)c2)C1. The molecule has 0 aromatic carbocycles. The molecular formula is C15H28N4O2S. The van der Waals surface area contributed by atoms with Gasteiger partial charge in [-0.15, -0.1) is 0 Å². The number of nitrogens with one attached hydrogen (secondary N) is 1. The fourth-order valence-electron chi connectivity index (χ4n) is 3.26. The van der Waals surface area contributed by atoms with Gasteiger partial charge in [0.05, 0.1) is 6.20 Å². The van der Waals surface area contributed by atoms with E-state index in [1.54, 1.807) is 7.05 Å². The molecule has 1 N–H and O–H groups in total. The lowest BCUT2D eigenvalue weighted by Crippen LogP contribution is -2.39. The van der Waals surface area contributed by atoms with Gasteiger partial charge >= 0.3 is 0 Å². The monoisotopic (exact) mass is 328 g/mol. The van der Waals surface area contributed by atoms with Crippen LogP contribution in [0.5, 0.6) is 0 Å². The van der Waals surface area contributed by atoms with E-state index in [9.17, 15) is 8.42 Å². The number of aromatic nitrogens is 2. The summed E-state index contributed by atoms with van der Waals surface area (Å²) in [4.78, 5) is 2.74. The van der Waals surface area contributed by atoms with Crippen molar-refractivity contribution >= 4 is 10.0 Å². The molecule has 0 aliphatic carbocycles. The van der Waals surface area contributed by atoms with Crippen LogP contribution in [-0.4, -0.2) is 49.3 Å². The number of sulfonamides is 1. The van der Waals surface area contributed by atoms with E-state index >= 15 is 0 Å². The van der Waals surface area contributed by atoms with E-state index in [0.717, 1.165) is 31.2 Å². The lowest BCUT2D eigenvalue weighted by atomic mass is 9.92. The molecule has 1 aromatic heterocycles. The van der Waals surface area contributed by atoms with Gasteiger partial charge < -0.3 is 4.90 Å². The number of hydrogen-bond donors (Lipinski definition) is 1. The minimum absolute atomic E-state index is 0.230. The summed E-state index contributed by atoms with van der Waals surface area (Å²) in [5.41, 5.74) is 0. The Morgan fingerprint density at radius 2 is 1.95 bits per heavy atom. The summed E-state index contributed by atoms with van der Waals surface area (Å²) in [6, 6.07) is 0. The van der Waals surface area contributed by atoms with Crippen molar-refractivity contribution in [2.75, 3.05) is 26.2 Å². The van der Waals surface area contributed by atoms with E-state index in [-0.39, 0.29) is 4.90 Å². The molecule has 0 bridgehead atoms. The lowest BCUT2D eigenvalue weighted by molar-refractivity contribution is 0.139. The highest BCUT2D eigenvalue weighted by molar-refractivity contribution is 7.89. The first-order valence-corrected chi connectivity index (χ1v) is 9.56. The van der Waals surface area contributed by atoms with Gasteiger partial charge in [-0.2, -0.15) is 5.10 Å². The first-order valence-electron chi connectivity index (χ1n) is 8.07. The second-order valence-corrected chi connectivity index (χ2v) is 8.43. The van der Waals surface area contributed by atoms with Crippen LogP contribution in [0.2, 0.25) is 0 Å². The fraction of sp³-hybridized carbons (Fsp3) is 0.800. The van der Waals surface area contributed by atoms with Crippen LogP contribution >= 0.6 is 0 Å². The highest BCUT2D eigenvalue weighted by atomic mass is 32.2. The van der Waals surface area contributed by atoms with E-state index in [2.05, 4.69) is 28.6 Å². The minimum atomic E-state index is -3.41. The third-order valence-electron chi connectivity index (χ3n) is 4.13. The fourth-order valence-corrected chi connectivity index (χ4v) is 4.32. The van der Waals surface area contributed by atoms with Gasteiger partial charge in [-0.1, -0.05) is 13.8 Å². The molecule has 2 unspecified atom stereocenters. The van der Waals surface area contributed by atoms with Crippen molar-refractivity contribution in [3.63, 3.8) is 0 Å². The molecular weight excluding hydrogens is 300 g/mol. The van der Waals surface area contributed by atoms with Crippen molar-refractivity contribution in [3.8, 4) is 0 Å². The van der Waals surface area contributed by atoms with Gasteiger partial charge in [0.2, 0.25) is 10.0 Å². The Balaban J connectivity index is 1.67. The van der Waals surface area contributed by atoms with E-state index in [1.807, 2.05) is 0 Å². The summed E-state index contributed by atoms with van der Waals surface area (Å²) in [6.07, 6.45) is 6.09. The number of aryl methyl sites for hydroxylation is 1. The average Bonchev–Trinajstić information content (AvgIpc) is 2.84. The molecule has 22 heavy (non-hydrogen) atoms. The maximum atomic E-state index is 12.0. The van der Waals surface area contributed by atoms with E-state index < -0.39 is 10.0 Å². The molecule has 2 atom stereocenters. The highest BCUT2D eigenvalue weighted by Crippen LogP contribution is 2.20. The molecule has 1 saturated heterocycles. The molecule has 1 aromatic rings. The van der Waals surface area contributed by atoms with Crippen molar-refractivity contribution in [2.24, 2.45) is 18.9 Å². The average molecular weight is 328 g/mol. The van der Waals surface area contributed by atoms with Crippen molar-refractivity contribution in [2.45, 2.75) is 38.0 Å². The molecule has 1 fully saturated rings. The minimum Gasteiger partial charge on any atom is -0.303 e. The van der Waals surface area contributed by atoms with Gasteiger partial charge in [0, 0.05) is 32.9 Å². The molecule has 0 saturated carbocycles. The quantitative estimate of drug-likeness (QED) is 0.770. The zero-order chi connectivity index (χ0) is 16.2. The number of rotatable bonds is 7. The zero-order valence-corrected chi connectivity index (χ0v) is 14.6. The van der Waals surface area contributed by atoms with Crippen molar-refractivity contribution in [1.29, 1.82) is 0 Å². The zero-order valence-electron chi connectivity index (χ0n) is 13.8. The number of piperidine rings is 1. The summed E-state index contributed by atoms with van der Waals surface area (Å²) in [7, 11) is -1.70. The Bertz CT molecular complexity index is 560. The second kappa shape index (κ2) is 7.57. The molecule has 6 nitrogen and oxygen atoms in total. The number of likely N-dealkylation sites (tertiary alicyclic amines) is 1. The van der Waals surface area contributed by atoms with Crippen molar-refractivity contribution < 1.29 is 8.42 Å². The molecule has 0 radical (unpaired) electrons. The van der Waals surface area contributed by atoms with Crippen LogP contribution in [0.15, 0.2) is 17.3 Å². The summed E-state index contributed by atoms with van der Waals surface area (Å²) >= 11 is 0. The lowest BCUT2D eigenvalue weighted by Gasteiger charge is -2.34. The Morgan fingerprint density at radius 3 is 2.55 bits per heavy atom. The molecule has 2 rings (SSSR count). The first-order chi connectivity index (χ1) is 10.4. The largest absolute Gasteiger partial charge is 0.303 e. The van der Waals surface area contributed by atoms with Gasteiger partial charge in [0.15, 0.2) is 0 Å². The van der Waals surface area contributed by atoms with E-state index in [0.29, 0.717) is 6.54 Å². The molecule has 1 aliphatic rings. The topological polar surface area (TPSA) is 67.2 Å². The Kier molecular flexibility index (Phi) is 6.00. The van der Waals surface area contributed by atoms with Crippen LogP contribution in [0.25, 0.3) is 0 Å². The summed E-state index contributed by atoms with van der Waals surface area (Å²) < 4.78 is 28.2. The first kappa shape index (κ1) is 17.4. The van der Waals surface area contributed by atoms with Gasteiger partial charge in [-0.25, -0.2) is 13.1 Å². The summed E-state index contributed by atoms with van der Waals surface area (Å²) in [5.74, 6) is 1.54. The van der Waals surface area contributed by atoms with Crippen LogP contribution in [0.1, 0.15) is 33.1 Å². The molecule has 0 spiro atoms. The van der Waals surface area contributed by atoms with Crippen LogP contribution in [0.3, 0.4) is 0 Å². The van der Waals surface area contributed by atoms with Crippen LogP contribution in [-0.2, 0) is 17.1 Å². The van der Waals surface area contributed by atoms with Crippen molar-refractivity contribution in [1.82, 2.24) is 19.4 Å². The van der Waals surface area contributed by atoms with Gasteiger partial charge in [0.25, 0.3) is 0 Å². The van der Waals surface area contributed by atoms with Gasteiger partial charge in [0.1, 0.15) is 4.90 Å². The highest BCUT2D eigenvalue weighted by Gasteiger charge is 2.21. The van der Waals surface area contributed by atoms with Gasteiger partial charge in [-0.3, -0.25) is 4.68 Å². The van der Waals surface area contributed by atoms with E-state index in [4.69, 9.17) is 0 Å². The van der Waals surface area contributed by atoms with Gasteiger partial charge in [-0.05, 0) is 37.6 Å². The Morgan fingerprint density at radius 1 is 1.27 bits per heavy atom. The predicted octanol–water partition coefficient (Wildman–Crippen LogP) is 1.46. The standard InChI is InChI=1S/C15H28N4O2S/c1-13-8-14(2)11-19(10-13)7-5-4-6-17-22(20,21)15-9-16-18(3)12-15/h9,12-14,17H,4-8,10-11H2,1-3H3. The van der Waals surface area contributed by atoms with Crippen LogP contribution in [0, 0.1) is 11.8 Å². The maximum absolute atomic E-state index is 12.0. The van der Waals surface area contributed by atoms with Crippen LogP contribution < -0.4 is 4.72 Å². The predicted molar refractivity (Wildman–Crippen MR) is 87.0 cm³/mol.